The molecule has 1 heterocycles. The molecular formula is C10H15N3O3. The van der Waals surface area contributed by atoms with Gasteiger partial charge in [0.05, 0.1) is 12.3 Å². The van der Waals surface area contributed by atoms with Crippen LogP contribution in [0, 0.1) is 16.0 Å². The van der Waals surface area contributed by atoms with Gasteiger partial charge in [-0.2, -0.15) is 0 Å². The SMILES string of the molecule is COCC(C)CNc1ccc([N+](=O)[O-])nc1. The van der Waals surface area contributed by atoms with E-state index in [9.17, 15) is 10.1 Å². The average Bonchev–Trinajstić information content (AvgIpc) is 2.27. The molecule has 0 bridgehead atoms. The maximum absolute atomic E-state index is 10.4. The van der Waals surface area contributed by atoms with Gasteiger partial charge in [-0.25, -0.2) is 0 Å². The van der Waals surface area contributed by atoms with E-state index < -0.39 is 4.92 Å². The molecule has 1 rings (SSSR count). The first-order valence-electron chi connectivity index (χ1n) is 4.96. The fourth-order valence-corrected chi connectivity index (χ4v) is 1.23. The van der Waals surface area contributed by atoms with Crippen LogP contribution < -0.4 is 5.32 Å². The number of methoxy groups -OCH3 is 1. The Morgan fingerprint density at radius 2 is 2.38 bits per heavy atom. The molecular weight excluding hydrogens is 210 g/mol. The summed E-state index contributed by atoms with van der Waals surface area (Å²) in [6.07, 6.45) is 1.46. The number of hydrogen-bond donors (Lipinski definition) is 1. The summed E-state index contributed by atoms with van der Waals surface area (Å²) in [5.74, 6) is 0.232. The van der Waals surface area contributed by atoms with Crippen LogP contribution in [0.4, 0.5) is 11.5 Å². The van der Waals surface area contributed by atoms with Crippen LogP contribution in [-0.2, 0) is 4.74 Å². The Labute approximate surface area is 93.8 Å². The van der Waals surface area contributed by atoms with Gasteiger partial charge in [0, 0.05) is 19.7 Å². The minimum atomic E-state index is -0.517. The molecule has 1 aromatic rings. The molecule has 1 aromatic heterocycles. The van der Waals surface area contributed by atoms with Crippen LogP contribution in [0.1, 0.15) is 6.92 Å². The number of aromatic nitrogens is 1. The van der Waals surface area contributed by atoms with Crippen molar-refractivity contribution in [3.8, 4) is 0 Å². The zero-order valence-electron chi connectivity index (χ0n) is 9.34. The second-order valence-electron chi connectivity index (χ2n) is 3.60. The fourth-order valence-electron chi connectivity index (χ4n) is 1.23. The average molecular weight is 225 g/mol. The topological polar surface area (TPSA) is 77.3 Å². The van der Waals surface area contributed by atoms with Gasteiger partial charge in [0.1, 0.15) is 0 Å². The number of rotatable bonds is 6. The van der Waals surface area contributed by atoms with Crippen molar-refractivity contribution in [2.75, 3.05) is 25.6 Å². The summed E-state index contributed by atoms with van der Waals surface area (Å²) >= 11 is 0. The summed E-state index contributed by atoms with van der Waals surface area (Å²) in [5.41, 5.74) is 0.772. The highest BCUT2D eigenvalue weighted by Gasteiger charge is 2.06. The lowest BCUT2D eigenvalue weighted by Crippen LogP contribution is -2.15. The van der Waals surface area contributed by atoms with Crippen molar-refractivity contribution in [3.05, 3.63) is 28.4 Å². The molecule has 16 heavy (non-hydrogen) atoms. The van der Waals surface area contributed by atoms with Crippen molar-refractivity contribution in [1.29, 1.82) is 0 Å². The highest BCUT2D eigenvalue weighted by atomic mass is 16.6. The summed E-state index contributed by atoms with van der Waals surface area (Å²) in [4.78, 5) is 13.6. The van der Waals surface area contributed by atoms with Gasteiger partial charge in [0.25, 0.3) is 0 Å². The lowest BCUT2D eigenvalue weighted by atomic mass is 10.2. The lowest BCUT2D eigenvalue weighted by Gasteiger charge is -2.11. The quantitative estimate of drug-likeness (QED) is 0.588. The molecule has 0 radical (unpaired) electrons. The monoisotopic (exact) mass is 225 g/mol. The maximum atomic E-state index is 10.4. The molecule has 0 saturated heterocycles. The molecule has 1 N–H and O–H groups in total. The maximum Gasteiger partial charge on any atom is 0.363 e. The second-order valence-corrected chi connectivity index (χ2v) is 3.60. The summed E-state index contributed by atoms with van der Waals surface area (Å²) in [7, 11) is 1.66. The number of ether oxygens (including phenoxy) is 1. The Hall–Kier alpha value is -1.69. The van der Waals surface area contributed by atoms with E-state index in [0.717, 1.165) is 12.2 Å². The Morgan fingerprint density at radius 1 is 1.62 bits per heavy atom. The standard InChI is InChI=1S/C10H15N3O3/c1-8(7-16-2)5-11-9-3-4-10(12-6-9)13(14)15/h3-4,6,8,11H,5,7H2,1-2H3. The molecule has 88 valence electrons. The third kappa shape index (κ3) is 3.82. The van der Waals surface area contributed by atoms with Crippen LogP contribution in [0.5, 0.6) is 0 Å². The van der Waals surface area contributed by atoms with Crippen molar-refractivity contribution in [2.45, 2.75) is 6.92 Å². The molecule has 6 heteroatoms. The Balaban J connectivity index is 2.46. The fraction of sp³-hybridized carbons (Fsp3) is 0.500. The van der Waals surface area contributed by atoms with Crippen molar-refractivity contribution in [2.24, 2.45) is 5.92 Å². The van der Waals surface area contributed by atoms with Crippen molar-refractivity contribution in [1.82, 2.24) is 4.98 Å². The van der Waals surface area contributed by atoms with Gasteiger partial charge in [-0.1, -0.05) is 6.92 Å². The van der Waals surface area contributed by atoms with E-state index in [1.54, 1.807) is 13.2 Å². The molecule has 0 saturated carbocycles. The highest BCUT2D eigenvalue weighted by Crippen LogP contribution is 2.11. The van der Waals surface area contributed by atoms with Crippen LogP contribution in [0.2, 0.25) is 0 Å². The van der Waals surface area contributed by atoms with Gasteiger partial charge in [0.15, 0.2) is 6.20 Å². The van der Waals surface area contributed by atoms with E-state index in [1.807, 2.05) is 0 Å². The largest absolute Gasteiger partial charge is 0.384 e. The number of anilines is 1. The molecule has 0 aliphatic carbocycles. The summed E-state index contributed by atoms with van der Waals surface area (Å²) < 4.78 is 5.00. The molecule has 0 spiro atoms. The van der Waals surface area contributed by atoms with Crippen LogP contribution in [0.3, 0.4) is 0 Å². The Kier molecular flexibility index (Phi) is 4.65. The number of nitrogens with one attached hydrogen (secondary N) is 1. The lowest BCUT2D eigenvalue weighted by molar-refractivity contribution is -0.389. The molecule has 0 amide bonds. The number of pyridine rings is 1. The molecule has 1 atom stereocenters. The van der Waals surface area contributed by atoms with Crippen molar-refractivity contribution >= 4 is 11.5 Å². The summed E-state index contributed by atoms with van der Waals surface area (Å²) in [5, 5.41) is 13.5. The van der Waals surface area contributed by atoms with Crippen molar-refractivity contribution in [3.63, 3.8) is 0 Å². The van der Waals surface area contributed by atoms with Crippen LogP contribution >= 0.6 is 0 Å². The first-order valence-corrected chi connectivity index (χ1v) is 4.96. The van der Waals surface area contributed by atoms with Crippen LogP contribution in [0.25, 0.3) is 0 Å². The van der Waals surface area contributed by atoms with E-state index in [2.05, 4.69) is 17.2 Å². The summed E-state index contributed by atoms with van der Waals surface area (Å²) in [6.45, 7) is 3.47. The first-order chi connectivity index (χ1) is 7.63. The Bertz CT molecular complexity index is 340. The van der Waals surface area contributed by atoms with E-state index in [1.165, 1.54) is 12.3 Å². The van der Waals surface area contributed by atoms with E-state index in [-0.39, 0.29) is 5.82 Å². The predicted molar refractivity (Wildman–Crippen MR) is 60.4 cm³/mol. The third-order valence-corrected chi connectivity index (χ3v) is 2.04. The van der Waals surface area contributed by atoms with E-state index in [4.69, 9.17) is 4.74 Å². The zero-order chi connectivity index (χ0) is 12.0. The summed E-state index contributed by atoms with van der Waals surface area (Å²) in [6, 6.07) is 3.02. The van der Waals surface area contributed by atoms with E-state index >= 15 is 0 Å². The zero-order valence-corrected chi connectivity index (χ0v) is 9.34. The molecule has 6 nitrogen and oxygen atoms in total. The Morgan fingerprint density at radius 3 is 2.88 bits per heavy atom. The van der Waals surface area contributed by atoms with Gasteiger partial charge in [-0.15, -0.1) is 0 Å². The molecule has 0 aliphatic rings. The number of nitro groups is 1. The van der Waals surface area contributed by atoms with Crippen LogP contribution in [0.15, 0.2) is 18.3 Å². The normalized spacial score (nSPS) is 12.1. The van der Waals surface area contributed by atoms with Gasteiger partial charge in [-0.3, -0.25) is 0 Å². The minimum Gasteiger partial charge on any atom is -0.384 e. The molecule has 0 aliphatic heterocycles. The predicted octanol–water partition coefficient (Wildman–Crippen LogP) is 1.68. The molecule has 0 aromatic carbocycles. The van der Waals surface area contributed by atoms with Gasteiger partial charge in [0.2, 0.25) is 0 Å². The molecule has 1 unspecified atom stereocenters. The van der Waals surface area contributed by atoms with Crippen LogP contribution in [-0.4, -0.2) is 30.2 Å². The number of hydrogen-bond acceptors (Lipinski definition) is 5. The third-order valence-electron chi connectivity index (χ3n) is 2.04. The smallest absolute Gasteiger partial charge is 0.363 e. The first kappa shape index (κ1) is 12.4. The number of nitrogens with zero attached hydrogens (tertiary/aromatic N) is 2. The van der Waals surface area contributed by atoms with Gasteiger partial charge < -0.3 is 20.2 Å². The molecule has 0 fully saturated rings. The highest BCUT2D eigenvalue weighted by molar-refractivity contribution is 5.43. The minimum absolute atomic E-state index is 0.143. The van der Waals surface area contributed by atoms with Crippen molar-refractivity contribution < 1.29 is 9.66 Å². The second kappa shape index (κ2) is 6.02. The van der Waals surface area contributed by atoms with Gasteiger partial charge in [-0.05, 0) is 21.9 Å². The van der Waals surface area contributed by atoms with E-state index in [0.29, 0.717) is 12.5 Å². The van der Waals surface area contributed by atoms with Gasteiger partial charge >= 0.3 is 5.82 Å².